The van der Waals surface area contributed by atoms with Crippen molar-refractivity contribution in [2.45, 2.75) is 39.0 Å². The summed E-state index contributed by atoms with van der Waals surface area (Å²) >= 11 is 1.82. The van der Waals surface area contributed by atoms with E-state index >= 15 is 0 Å². The highest BCUT2D eigenvalue weighted by atomic mass is 32.1. The van der Waals surface area contributed by atoms with Crippen LogP contribution in [-0.2, 0) is 0 Å². The molecule has 0 fully saturated rings. The Morgan fingerprint density at radius 3 is 3.07 bits per heavy atom. The molecule has 2 heterocycles. The van der Waals surface area contributed by atoms with Crippen LogP contribution in [0.1, 0.15) is 44.7 Å². The number of nitrogens with one attached hydrogen (secondary N) is 1. The monoisotopic (exact) mass is 207 g/mol. The fourth-order valence-electron chi connectivity index (χ4n) is 1.80. The van der Waals surface area contributed by atoms with Gasteiger partial charge < -0.3 is 4.98 Å². The predicted molar refractivity (Wildman–Crippen MR) is 64.1 cm³/mol. The molecule has 0 radical (unpaired) electrons. The number of hydrogen-bond acceptors (Lipinski definition) is 1. The summed E-state index contributed by atoms with van der Waals surface area (Å²) in [6.45, 7) is 4.56. The highest BCUT2D eigenvalue weighted by molar-refractivity contribution is 7.17. The van der Waals surface area contributed by atoms with E-state index in [1.807, 2.05) is 11.3 Å². The quantitative estimate of drug-likeness (QED) is 0.758. The molecule has 0 saturated carbocycles. The highest BCUT2D eigenvalue weighted by Crippen LogP contribution is 2.27. The molecule has 0 aliphatic carbocycles. The first kappa shape index (κ1) is 9.78. The Morgan fingerprint density at radius 2 is 2.36 bits per heavy atom. The van der Waals surface area contributed by atoms with Crippen LogP contribution in [0.2, 0.25) is 0 Å². The lowest BCUT2D eigenvalue weighted by atomic mass is 10.0. The fourth-order valence-corrected chi connectivity index (χ4v) is 2.59. The molecule has 1 nitrogen and oxygen atoms in total. The van der Waals surface area contributed by atoms with Crippen molar-refractivity contribution in [3.63, 3.8) is 0 Å². The molecule has 2 aromatic heterocycles. The molecule has 2 rings (SSSR count). The molecule has 0 aromatic carbocycles. The van der Waals surface area contributed by atoms with Crippen molar-refractivity contribution in [1.29, 1.82) is 0 Å². The summed E-state index contributed by atoms with van der Waals surface area (Å²) in [5.74, 6) is 0.676. The van der Waals surface area contributed by atoms with Gasteiger partial charge in [0.2, 0.25) is 0 Å². The van der Waals surface area contributed by atoms with E-state index in [9.17, 15) is 0 Å². The molecule has 0 bridgehead atoms. The van der Waals surface area contributed by atoms with E-state index in [0.717, 1.165) is 0 Å². The Hall–Kier alpha value is -0.760. The maximum atomic E-state index is 3.49. The Kier molecular flexibility index (Phi) is 2.92. The largest absolute Gasteiger partial charge is 0.357 e. The van der Waals surface area contributed by atoms with Gasteiger partial charge in [-0.25, -0.2) is 0 Å². The summed E-state index contributed by atoms with van der Waals surface area (Å²) < 4.78 is 1.39. The standard InChI is InChI=1S/C12H17NS/c1-3-4-5-9(2)11-8-12-10(13-11)6-7-14-12/h6-9,13H,3-5H2,1-2H3. The lowest BCUT2D eigenvalue weighted by molar-refractivity contribution is 0.615. The second-order valence-electron chi connectivity index (χ2n) is 3.97. The number of H-pyrrole nitrogens is 1. The second kappa shape index (κ2) is 4.18. The zero-order valence-electron chi connectivity index (χ0n) is 8.84. The lowest BCUT2D eigenvalue weighted by Crippen LogP contribution is -1.93. The van der Waals surface area contributed by atoms with Crippen LogP contribution in [0.5, 0.6) is 0 Å². The van der Waals surface area contributed by atoms with Crippen LogP contribution >= 0.6 is 11.3 Å². The zero-order valence-corrected chi connectivity index (χ0v) is 9.66. The molecule has 2 heteroatoms. The predicted octanol–water partition coefficient (Wildman–Crippen LogP) is 4.52. The van der Waals surface area contributed by atoms with Crippen molar-refractivity contribution in [2.24, 2.45) is 0 Å². The number of hydrogen-bond donors (Lipinski definition) is 1. The highest BCUT2D eigenvalue weighted by Gasteiger charge is 2.08. The maximum Gasteiger partial charge on any atom is 0.0565 e. The molecule has 2 aromatic rings. The van der Waals surface area contributed by atoms with Crippen LogP contribution in [-0.4, -0.2) is 4.98 Å². The third-order valence-corrected chi connectivity index (χ3v) is 3.65. The van der Waals surface area contributed by atoms with Crippen molar-refractivity contribution in [1.82, 2.24) is 4.98 Å². The van der Waals surface area contributed by atoms with Gasteiger partial charge in [0, 0.05) is 5.69 Å². The fraction of sp³-hybridized carbons (Fsp3) is 0.500. The van der Waals surface area contributed by atoms with E-state index in [1.54, 1.807) is 0 Å². The number of aromatic amines is 1. The molecule has 1 atom stereocenters. The van der Waals surface area contributed by atoms with E-state index in [2.05, 4.69) is 36.3 Å². The molecule has 14 heavy (non-hydrogen) atoms. The molecular formula is C12H17NS. The van der Waals surface area contributed by atoms with Crippen LogP contribution in [0.25, 0.3) is 10.2 Å². The first-order valence-electron chi connectivity index (χ1n) is 5.37. The van der Waals surface area contributed by atoms with Gasteiger partial charge in [-0.1, -0.05) is 26.7 Å². The first-order chi connectivity index (χ1) is 6.81. The third kappa shape index (κ3) is 1.85. The summed E-state index contributed by atoms with van der Waals surface area (Å²) in [5.41, 5.74) is 2.70. The molecule has 0 aliphatic rings. The van der Waals surface area contributed by atoms with Gasteiger partial charge in [0.1, 0.15) is 0 Å². The van der Waals surface area contributed by atoms with Crippen LogP contribution in [0, 0.1) is 0 Å². The van der Waals surface area contributed by atoms with Crippen LogP contribution in [0.4, 0.5) is 0 Å². The number of thiophene rings is 1. The normalized spacial score (nSPS) is 13.6. The molecule has 0 aliphatic heterocycles. The van der Waals surface area contributed by atoms with Crippen LogP contribution in [0.3, 0.4) is 0 Å². The average molecular weight is 207 g/mol. The summed E-state index contributed by atoms with van der Waals surface area (Å²) in [4.78, 5) is 3.49. The van der Waals surface area contributed by atoms with Gasteiger partial charge in [0.05, 0.1) is 10.2 Å². The molecule has 76 valence electrons. The number of aromatic nitrogens is 1. The SMILES string of the molecule is CCCCC(C)c1cc2sccc2[nH]1. The van der Waals surface area contributed by atoms with Crippen LogP contribution in [0.15, 0.2) is 17.5 Å². The second-order valence-corrected chi connectivity index (χ2v) is 4.91. The Labute approximate surface area is 89.2 Å². The average Bonchev–Trinajstić information content (AvgIpc) is 2.72. The van der Waals surface area contributed by atoms with Gasteiger partial charge in [0.25, 0.3) is 0 Å². The van der Waals surface area contributed by atoms with Gasteiger partial charge in [-0.15, -0.1) is 11.3 Å². The van der Waals surface area contributed by atoms with Gasteiger partial charge in [-0.2, -0.15) is 0 Å². The van der Waals surface area contributed by atoms with E-state index in [0.29, 0.717) is 5.92 Å². The smallest absolute Gasteiger partial charge is 0.0565 e. The summed E-state index contributed by atoms with van der Waals surface area (Å²) in [6.07, 6.45) is 3.91. The number of unbranched alkanes of at least 4 members (excludes halogenated alkanes) is 1. The van der Waals surface area contributed by atoms with Gasteiger partial charge in [-0.05, 0) is 29.9 Å². The summed E-state index contributed by atoms with van der Waals surface area (Å²) in [7, 11) is 0. The zero-order chi connectivity index (χ0) is 9.97. The molecule has 1 unspecified atom stereocenters. The summed E-state index contributed by atoms with van der Waals surface area (Å²) in [6, 6.07) is 4.47. The molecule has 1 N–H and O–H groups in total. The van der Waals surface area contributed by atoms with Crippen molar-refractivity contribution < 1.29 is 0 Å². The Balaban J connectivity index is 2.13. The lowest BCUT2D eigenvalue weighted by Gasteiger charge is -2.07. The van der Waals surface area contributed by atoms with Gasteiger partial charge in [0.15, 0.2) is 0 Å². The van der Waals surface area contributed by atoms with Gasteiger partial charge >= 0.3 is 0 Å². The molecule has 0 saturated heterocycles. The minimum atomic E-state index is 0.676. The number of rotatable bonds is 4. The number of fused-ring (bicyclic) bond motifs is 1. The van der Waals surface area contributed by atoms with E-state index in [4.69, 9.17) is 0 Å². The molecule has 0 amide bonds. The van der Waals surface area contributed by atoms with E-state index in [-0.39, 0.29) is 0 Å². The minimum Gasteiger partial charge on any atom is -0.357 e. The third-order valence-electron chi connectivity index (χ3n) is 2.78. The topological polar surface area (TPSA) is 15.8 Å². The van der Waals surface area contributed by atoms with Gasteiger partial charge in [-0.3, -0.25) is 0 Å². The Morgan fingerprint density at radius 1 is 1.50 bits per heavy atom. The van der Waals surface area contributed by atoms with Crippen molar-refractivity contribution in [3.05, 3.63) is 23.2 Å². The van der Waals surface area contributed by atoms with Crippen molar-refractivity contribution >= 4 is 21.6 Å². The Bertz CT molecular complexity index is 371. The maximum absolute atomic E-state index is 3.49. The summed E-state index contributed by atoms with van der Waals surface area (Å²) in [5, 5.41) is 2.14. The van der Waals surface area contributed by atoms with Crippen molar-refractivity contribution in [2.75, 3.05) is 0 Å². The van der Waals surface area contributed by atoms with Crippen LogP contribution < -0.4 is 0 Å². The van der Waals surface area contributed by atoms with E-state index in [1.165, 1.54) is 35.2 Å². The first-order valence-corrected chi connectivity index (χ1v) is 6.25. The molecule has 0 spiro atoms. The minimum absolute atomic E-state index is 0.676. The van der Waals surface area contributed by atoms with E-state index < -0.39 is 0 Å². The molecular weight excluding hydrogens is 190 g/mol. The van der Waals surface area contributed by atoms with Crippen molar-refractivity contribution in [3.8, 4) is 0 Å².